The Balaban J connectivity index is 2.04. The summed E-state index contributed by atoms with van der Waals surface area (Å²) in [5, 5.41) is 3.19. The molecule has 0 radical (unpaired) electrons. The van der Waals surface area contributed by atoms with Crippen LogP contribution in [0.1, 0.15) is 30.4 Å². The molecule has 0 amide bonds. The van der Waals surface area contributed by atoms with Gasteiger partial charge in [-0.2, -0.15) is 13.2 Å². The summed E-state index contributed by atoms with van der Waals surface area (Å²) >= 11 is 0. The van der Waals surface area contributed by atoms with Crippen LogP contribution in [0.4, 0.5) is 13.2 Å². The minimum absolute atomic E-state index is 0.297. The number of pyridine rings is 1. The van der Waals surface area contributed by atoms with Crippen molar-refractivity contribution in [2.24, 2.45) is 5.92 Å². The molecule has 1 N–H and O–H groups in total. The van der Waals surface area contributed by atoms with Crippen LogP contribution < -0.4 is 5.32 Å². The van der Waals surface area contributed by atoms with Crippen LogP contribution in [0.3, 0.4) is 0 Å². The Labute approximate surface area is 105 Å². The molecule has 0 aromatic carbocycles. The highest BCUT2D eigenvalue weighted by molar-refractivity contribution is 5.26. The lowest BCUT2D eigenvalue weighted by molar-refractivity contribution is -0.138. The molecule has 1 saturated carbocycles. The first-order valence-electron chi connectivity index (χ1n) is 6.19. The van der Waals surface area contributed by atoms with Gasteiger partial charge in [-0.1, -0.05) is 0 Å². The van der Waals surface area contributed by atoms with Crippen molar-refractivity contribution in [1.82, 2.24) is 10.3 Å². The van der Waals surface area contributed by atoms with Gasteiger partial charge in [0.05, 0.1) is 5.56 Å². The SMILES string of the molecule is CNC(CCc1cnccc1C(F)(F)F)C1CC1. The molecular weight excluding hydrogens is 241 g/mol. The zero-order chi connectivity index (χ0) is 13.2. The highest BCUT2D eigenvalue weighted by Gasteiger charge is 2.34. The quantitative estimate of drug-likeness (QED) is 0.878. The van der Waals surface area contributed by atoms with Crippen LogP contribution >= 0.6 is 0 Å². The van der Waals surface area contributed by atoms with Gasteiger partial charge in [-0.25, -0.2) is 0 Å². The molecule has 18 heavy (non-hydrogen) atoms. The Bertz CT molecular complexity index is 399. The van der Waals surface area contributed by atoms with Crippen LogP contribution in [-0.2, 0) is 12.6 Å². The van der Waals surface area contributed by atoms with Gasteiger partial charge < -0.3 is 5.32 Å². The maximum absolute atomic E-state index is 12.8. The second-order valence-electron chi connectivity index (χ2n) is 4.80. The smallest absolute Gasteiger partial charge is 0.317 e. The summed E-state index contributed by atoms with van der Waals surface area (Å²) in [4.78, 5) is 3.80. The molecule has 1 fully saturated rings. The zero-order valence-electron chi connectivity index (χ0n) is 10.3. The molecule has 0 spiro atoms. The molecule has 100 valence electrons. The van der Waals surface area contributed by atoms with E-state index in [9.17, 15) is 13.2 Å². The van der Waals surface area contributed by atoms with Crippen LogP contribution in [0, 0.1) is 5.92 Å². The number of hydrogen-bond acceptors (Lipinski definition) is 2. The molecule has 1 aromatic rings. The molecule has 1 aromatic heterocycles. The lowest BCUT2D eigenvalue weighted by atomic mass is 10.00. The number of rotatable bonds is 5. The first-order valence-corrected chi connectivity index (χ1v) is 6.19. The largest absolute Gasteiger partial charge is 0.416 e. The maximum Gasteiger partial charge on any atom is 0.416 e. The minimum atomic E-state index is -4.28. The molecule has 1 heterocycles. The third kappa shape index (κ3) is 3.22. The van der Waals surface area contributed by atoms with Crippen molar-refractivity contribution in [3.8, 4) is 0 Å². The van der Waals surface area contributed by atoms with E-state index in [1.165, 1.54) is 25.2 Å². The lowest BCUT2D eigenvalue weighted by Gasteiger charge is -2.17. The summed E-state index contributed by atoms with van der Waals surface area (Å²) in [5.41, 5.74) is -0.256. The van der Waals surface area contributed by atoms with Crippen LogP contribution in [0.15, 0.2) is 18.5 Å². The Hall–Kier alpha value is -1.10. The van der Waals surface area contributed by atoms with Crippen LogP contribution in [0.5, 0.6) is 0 Å². The zero-order valence-corrected chi connectivity index (χ0v) is 10.3. The maximum atomic E-state index is 12.8. The number of nitrogens with one attached hydrogen (secondary N) is 1. The fourth-order valence-corrected chi connectivity index (χ4v) is 2.33. The Morgan fingerprint density at radius 1 is 1.44 bits per heavy atom. The number of aryl methyl sites for hydroxylation is 1. The third-order valence-electron chi connectivity index (χ3n) is 3.50. The van der Waals surface area contributed by atoms with Gasteiger partial charge in [-0.05, 0) is 50.3 Å². The number of nitrogens with zero attached hydrogens (tertiary/aromatic N) is 1. The molecule has 2 nitrogen and oxygen atoms in total. The Morgan fingerprint density at radius 2 is 2.17 bits per heavy atom. The molecule has 1 aliphatic rings. The van der Waals surface area contributed by atoms with Crippen molar-refractivity contribution in [2.75, 3.05) is 7.05 Å². The fraction of sp³-hybridized carbons (Fsp3) is 0.615. The monoisotopic (exact) mass is 258 g/mol. The average Bonchev–Trinajstić information content (AvgIpc) is 3.13. The van der Waals surface area contributed by atoms with E-state index < -0.39 is 11.7 Å². The molecule has 0 aliphatic heterocycles. The van der Waals surface area contributed by atoms with E-state index in [4.69, 9.17) is 0 Å². The van der Waals surface area contributed by atoms with Crippen molar-refractivity contribution >= 4 is 0 Å². The predicted octanol–water partition coefficient (Wildman–Crippen LogP) is 3.03. The summed E-state index contributed by atoms with van der Waals surface area (Å²) in [6.45, 7) is 0. The van der Waals surface area contributed by atoms with E-state index in [0.717, 1.165) is 12.5 Å². The summed E-state index contributed by atoms with van der Waals surface area (Å²) in [6, 6.07) is 1.38. The van der Waals surface area contributed by atoms with Crippen molar-refractivity contribution in [3.63, 3.8) is 0 Å². The molecule has 2 rings (SSSR count). The standard InChI is InChI=1S/C13H17F3N2/c1-17-12(9-2-3-9)5-4-10-8-18-7-6-11(10)13(14,15)16/h6-9,12,17H,2-5H2,1H3. The Morgan fingerprint density at radius 3 is 2.72 bits per heavy atom. The normalized spacial score (nSPS) is 17.8. The van der Waals surface area contributed by atoms with Crippen LogP contribution in [0.25, 0.3) is 0 Å². The summed E-state index contributed by atoms with van der Waals surface area (Å²) in [7, 11) is 1.87. The van der Waals surface area contributed by atoms with Gasteiger partial charge in [0.15, 0.2) is 0 Å². The van der Waals surface area contributed by atoms with Gasteiger partial charge in [0, 0.05) is 18.4 Å². The van der Waals surface area contributed by atoms with Gasteiger partial charge in [0.1, 0.15) is 0 Å². The summed E-state index contributed by atoms with van der Waals surface area (Å²) < 4.78 is 38.3. The van der Waals surface area contributed by atoms with Gasteiger partial charge in [-0.15, -0.1) is 0 Å². The minimum Gasteiger partial charge on any atom is -0.317 e. The third-order valence-corrected chi connectivity index (χ3v) is 3.50. The number of aromatic nitrogens is 1. The highest BCUT2D eigenvalue weighted by Crippen LogP contribution is 2.36. The molecule has 5 heteroatoms. The molecule has 1 atom stereocenters. The van der Waals surface area contributed by atoms with Crippen molar-refractivity contribution in [1.29, 1.82) is 0 Å². The van der Waals surface area contributed by atoms with Gasteiger partial charge in [-0.3, -0.25) is 4.98 Å². The number of alkyl halides is 3. The van der Waals surface area contributed by atoms with E-state index in [1.807, 2.05) is 7.05 Å². The second kappa shape index (κ2) is 5.26. The molecule has 0 saturated heterocycles. The van der Waals surface area contributed by atoms with E-state index in [-0.39, 0.29) is 0 Å². The van der Waals surface area contributed by atoms with Crippen LogP contribution in [0.2, 0.25) is 0 Å². The molecule has 0 bridgehead atoms. The van der Waals surface area contributed by atoms with E-state index in [2.05, 4.69) is 10.3 Å². The lowest BCUT2D eigenvalue weighted by Crippen LogP contribution is -2.28. The topological polar surface area (TPSA) is 24.9 Å². The van der Waals surface area contributed by atoms with Gasteiger partial charge in [0.25, 0.3) is 0 Å². The molecule has 1 aliphatic carbocycles. The molecule has 1 unspecified atom stereocenters. The first-order chi connectivity index (χ1) is 8.52. The molecular formula is C13H17F3N2. The number of hydrogen-bond donors (Lipinski definition) is 1. The van der Waals surface area contributed by atoms with Crippen molar-refractivity contribution < 1.29 is 13.2 Å². The summed E-state index contributed by atoms with van der Waals surface area (Å²) in [6.07, 6.45) is 1.77. The summed E-state index contributed by atoms with van der Waals surface area (Å²) in [5.74, 6) is 0.640. The van der Waals surface area contributed by atoms with E-state index in [1.54, 1.807) is 0 Å². The van der Waals surface area contributed by atoms with Crippen LogP contribution in [-0.4, -0.2) is 18.1 Å². The van der Waals surface area contributed by atoms with Crippen molar-refractivity contribution in [3.05, 3.63) is 29.6 Å². The highest BCUT2D eigenvalue weighted by atomic mass is 19.4. The predicted molar refractivity (Wildman–Crippen MR) is 63.1 cm³/mol. The van der Waals surface area contributed by atoms with E-state index >= 15 is 0 Å². The number of halogens is 3. The Kier molecular flexibility index (Phi) is 3.90. The van der Waals surface area contributed by atoms with E-state index in [0.29, 0.717) is 23.9 Å². The van der Waals surface area contributed by atoms with Crippen molar-refractivity contribution in [2.45, 2.75) is 37.9 Å². The van der Waals surface area contributed by atoms with Gasteiger partial charge >= 0.3 is 6.18 Å². The second-order valence-corrected chi connectivity index (χ2v) is 4.80. The fourth-order valence-electron chi connectivity index (χ4n) is 2.33. The van der Waals surface area contributed by atoms with Gasteiger partial charge in [0.2, 0.25) is 0 Å². The average molecular weight is 258 g/mol. The first kappa shape index (κ1) is 13.3.